The van der Waals surface area contributed by atoms with Gasteiger partial charge in [0.15, 0.2) is 5.78 Å². The number of phenolic OH excluding ortho intramolecular Hbond substituents is 2. The number of hydrogen-bond donors (Lipinski definition) is 2. The number of phenols is 2. The second-order valence-corrected chi connectivity index (χ2v) is 5.37. The van der Waals surface area contributed by atoms with Gasteiger partial charge in [-0.05, 0) is 23.8 Å². The lowest BCUT2D eigenvalue weighted by Gasteiger charge is -2.06. The van der Waals surface area contributed by atoms with Crippen molar-refractivity contribution in [1.82, 2.24) is 0 Å². The Hall–Kier alpha value is -1.52. The Kier molecular flexibility index (Phi) is 4.12. The number of aromatic hydroxyl groups is 2. The summed E-state index contributed by atoms with van der Waals surface area (Å²) in [6.45, 7) is 0. The quantitative estimate of drug-likeness (QED) is 0.831. The van der Waals surface area contributed by atoms with Gasteiger partial charge in [-0.3, -0.25) is 4.79 Å². The van der Waals surface area contributed by atoms with Crippen molar-refractivity contribution in [1.29, 1.82) is 0 Å². The number of Topliss-reactive ketones (excluding diaryl/α,β-unsaturated/α-hetero) is 1. The molecule has 0 atom stereocenters. The minimum absolute atomic E-state index is 0.0388. The van der Waals surface area contributed by atoms with E-state index >= 15 is 0 Å². The van der Waals surface area contributed by atoms with Gasteiger partial charge in [0.25, 0.3) is 0 Å². The molecular weight excluding hydrogens is 332 g/mol. The number of hydrogen-bond acceptors (Lipinski definition) is 3. The highest BCUT2D eigenvalue weighted by molar-refractivity contribution is 9.10. The highest BCUT2D eigenvalue weighted by Gasteiger charge is 2.15. The van der Waals surface area contributed by atoms with Gasteiger partial charge in [0, 0.05) is 17.0 Å². The van der Waals surface area contributed by atoms with Crippen molar-refractivity contribution in [3.63, 3.8) is 0 Å². The molecule has 98 valence electrons. The first-order chi connectivity index (χ1) is 8.97. The molecule has 0 unspecified atom stereocenters. The molecule has 2 aromatic carbocycles. The van der Waals surface area contributed by atoms with Crippen LogP contribution in [0.4, 0.5) is 0 Å². The first kappa shape index (κ1) is 13.9. The van der Waals surface area contributed by atoms with E-state index in [1.165, 1.54) is 6.07 Å². The van der Waals surface area contributed by atoms with Gasteiger partial charge in [-0.1, -0.05) is 39.7 Å². The van der Waals surface area contributed by atoms with Gasteiger partial charge in [-0.15, -0.1) is 0 Å². The minimum Gasteiger partial charge on any atom is -0.507 e. The lowest BCUT2D eigenvalue weighted by atomic mass is 10.0. The van der Waals surface area contributed by atoms with Crippen LogP contribution in [0, 0.1) is 0 Å². The smallest absolute Gasteiger partial charge is 0.171 e. The predicted octanol–water partition coefficient (Wildman–Crippen LogP) is 3.94. The van der Waals surface area contributed by atoms with Gasteiger partial charge in [0.1, 0.15) is 11.5 Å². The zero-order valence-corrected chi connectivity index (χ0v) is 12.1. The van der Waals surface area contributed by atoms with Gasteiger partial charge in [-0.2, -0.15) is 0 Å². The van der Waals surface area contributed by atoms with E-state index in [0.29, 0.717) is 0 Å². The van der Waals surface area contributed by atoms with Crippen LogP contribution in [-0.2, 0) is 6.42 Å². The van der Waals surface area contributed by atoms with E-state index in [9.17, 15) is 15.0 Å². The molecular formula is C14H10BrClO3. The molecule has 19 heavy (non-hydrogen) atoms. The van der Waals surface area contributed by atoms with Crippen molar-refractivity contribution in [2.24, 2.45) is 0 Å². The number of halogens is 2. The molecule has 0 heterocycles. The maximum atomic E-state index is 12.1. The normalized spacial score (nSPS) is 10.4. The summed E-state index contributed by atoms with van der Waals surface area (Å²) in [4.78, 5) is 12.1. The second-order valence-electron chi connectivity index (χ2n) is 4.05. The van der Waals surface area contributed by atoms with Crippen molar-refractivity contribution in [2.75, 3.05) is 0 Å². The molecule has 0 fully saturated rings. The van der Waals surface area contributed by atoms with E-state index < -0.39 is 0 Å². The minimum atomic E-state index is -0.274. The van der Waals surface area contributed by atoms with Crippen LogP contribution in [0.15, 0.2) is 40.9 Å². The molecule has 0 aliphatic heterocycles. The predicted molar refractivity (Wildman–Crippen MR) is 77.0 cm³/mol. The Morgan fingerprint density at radius 1 is 1.11 bits per heavy atom. The summed E-state index contributed by atoms with van der Waals surface area (Å²) in [7, 11) is 0. The van der Waals surface area contributed by atoms with E-state index in [2.05, 4.69) is 15.9 Å². The van der Waals surface area contributed by atoms with Gasteiger partial charge in [0.2, 0.25) is 0 Å². The molecule has 0 saturated carbocycles. The third kappa shape index (κ3) is 3.28. The summed E-state index contributed by atoms with van der Waals surface area (Å²) < 4.78 is 0.930. The molecule has 2 aromatic rings. The fourth-order valence-electron chi connectivity index (χ4n) is 1.66. The lowest BCUT2D eigenvalue weighted by Crippen LogP contribution is -2.04. The number of ketones is 1. The molecule has 0 aliphatic rings. The number of carbonyl (C=O) groups excluding carboxylic acids is 1. The van der Waals surface area contributed by atoms with Crippen LogP contribution < -0.4 is 0 Å². The Balaban J connectivity index is 2.25. The number of carbonyl (C=O) groups is 1. The zero-order valence-electron chi connectivity index (χ0n) is 9.73. The summed E-state index contributed by atoms with van der Waals surface area (Å²) in [5.74, 6) is -0.787. The summed E-state index contributed by atoms with van der Waals surface area (Å²) in [5, 5.41) is 19.0. The molecule has 0 aliphatic carbocycles. The monoisotopic (exact) mass is 340 g/mol. The first-order valence-electron chi connectivity index (χ1n) is 5.46. The van der Waals surface area contributed by atoms with Crippen LogP contribution in [0.5, 0.6) is 11.5 Å². The third-order valence-electron chi connectivity index (χ3n) is 2.64. The Morgan fingerprint density at radius 3 is 2.37 bits per heavy atom. The highest BCUT2D eigenvalue weighted by Crippen LogP contribution is 2.31. The lowest BCUT2D eigenvalue weighted by molar-refractivity contribution is 0.0990. The SMILES string of the molecule is O=C(Cc1ccc(Br)cc1)c1cc(Cl)c(O)cc1O. The molecule has 0 aromatic heterocycles. The molecule has 0 spiro atoms. The number of rotatable bonds is 3. The molecule has 2 N–H and O–H groups in total. The van der Waals surface area contributed by atoms with E-state index in [-0.39, 0.29) is 34.3 Å². The van der Waals surface area contributed by atoms with Crippen molar-refractivity contribution < 1.29 is 15.0 Å². The van der Waals surface area contributed by atoms with Gasteiger partial charge < -0.3 is 10.2 Å². The average molecular weight is 342 g/mol. The van der Waals surface area contributed by atoms with Gasteiger partial charge >= 0.3 is 0 Å². The van der Waals surface area contributed by atoms with Crippen molar-refractivity contribution in [2.45, 2.75) is 6.42 Å². The Bertz CT molecular complexity index is 623. The van der Waals surface area contributed by atoms with Crippen LogP contribution in [0.2, 0.25) is 5.02 Å². The van der Waals surface area contributed by atoms with Crippen LogP contribution >= 0.6 is 27.5 Å². The van der Waals surface area contributed by atoms with E-state index in [4.69, 9.17) is 11.6 Å². The van der Waals surface area contributed by atoms with Gasteiger partial charge in [0.05, 0.1) is 10.6 Å². The molecule has 0 bridgehead atoms. The maximum Gasteiger partial charge on any atom is 0.171 e. The molecule has 5 heteroatoms. The average Bonchev–Trinajstić information content (AvgIpc) is 2.36. The molecule has 3 nitrogen and oxygen atoms in total. The zero-order chi connectivity index (χ0) is 14.0. The molecule has 0 amide bonds. The standard InChI is InChI=1S/C14H10BrClO3/c15-9-3-1-8(2-4-9)5-12(17)10-6-11(16)14(19)7-13(10)18/h1-4,6-7,18-19H,5H2. The van der Waals surface area contributed by atoms with Crippen LogP contribution in [0.1, 0.15) is 15.9 Å². The topological polar surface area (TPSA) is 57.5 Å². The molecule has 0 radical (unpaired) electrons. The molecule has 0 saturated heterocycles. The van der Waals surface area contributed by atoms with Crippen molar-refractivity contribution >= 4 is 33.3 Å². The Morgan fingerprint density at radius 2 is 1.74 bits per heavy atom. The van der Waals surface area contributed by atoms with E-state index in [1.54, 1.807) is 0 Å². The summed E-state index contributed by atoms with van der Waals surface area (Å²) in [6.07, 6.45) is 0.155. The van der Waals surface area contributed by atoms with E-state index in [0.717, 1.165) is 16.1 Å². The Labute approximate surface area is 123 Å². The fraction of sp³-hybridized carbons (Fsp3) is 0.0714. The summed E-state index contributed by atoms with van der Waals surface area (Å²) >= 11 is 9.05. The first-order valence-corrected chi connectivity index (χ1v) is 6.63. The summed E-state index contributed by atoms with van der Waals surface area (Å²) in [6, 6.07) is 9.66. The van der Waals surface area contributed by atoms with Crippen LogP contribution in [0.25, 0.3) is 0 Å². The molecule has 2 rings (SSSR count). The van der Waals surface area contributed by atoms with Gasteiger partial charge in [-0.25, -0.2) is 0 Å². The van der Waals surface area contributed by atoms with Crippen LogP contribution in [-0.4, -0.2) is 16.0 Å². The van der Waals surface area contributed by atoms with E-state index in [1.807, 2.05) is 24.3 Å². The maximum absolute atomic E-state index is 12.1. The van der Waals surface area contributed by atoms with Crippen molar-refractivity contribution in [3.8, 4) is 11.5 Å². The van der Waals surface area contributed by atoms with Crippen LogP contribution in [0.3, 0.4) is 0 Å². The largest absolute Gasteiger partial charge is 0.507 e. The third-order valence-corrected chi connectivity index (χ3v) is 3.47. The highest BCUT2D eigenvalue weighted by atomic mass is 79.9. The number of benzene rings is 2. The second kappa shape index (κ2) is 5.63. The fourth-order valence-corrected chi connectivity index (χ4v) is 2.09. The van der Waals surface area contributed by atoms with Crippen molar-refractivity contribution in [3.05, 3.63) is 57.0 Å². The summed E-state index contributed by atoms with van der Waals surface area (Å²) in [5.41, 5.74) is 0.933.